The van der Waals surface area contributed by atoms with Crippen molar-refractivity contribution in [3.05, 3.63) is 64.6 Å². The number of allylic oxidation sites excluding steroid dienone is 3. The van der Waals surface area contributed by atoms with E-state index in [0.717, 1.165) is 71.4 Å². The van der Waals surface area contributed by atoms with Gasteiger partial charge in [-0.25, -0.2) is 0 Å². The highest BCUT2D eigenvalue weighted by Crippen LogP contribution is 2.48. The Balaban J connectivity index is 1.26. The van der Waals surface area contributed by atoms with Crippen LogP contribution in [0.1, 0.15) is 70.4 Å². The molecule has 4 aromatic heterocycles. The number of hydrogen-bond donors (Lipinski definition) is 0. The van der Waals surface area contributed by atoms with E-state index in [1.807, 2.05) is 45.3 Å². The minimum Gasteiger partial charge on any atom is -0.381 e. The van der Waals surface area contributed by atoms with Gasteiger partial charge in [-0.05, 0) is 68.7 Å². The third kappa shape index (κ3) is 6.40. The lowest BCUT2D eigenvalue weighted by molar-refractivity contribution is 0.132. The third-order valence-corrected chi connectivity index (χ3v) is 12.5. The molecule has 2 aromatic carbocycles. The van der Waals surface area contributed by atoms with Crippen molar-refractivity contribution in [3.63, 3.8) is 0 Å². The van der Waals surface area contributed by atoms with Crippen LogP contribution < -0.4 is 0 Å². The second kappa shape index (κ2) is 14.1. The molecule has 6 aromatic rings. The summed E-state index contributed by atoms with van der Waals surface area (Å²) in [5.74, 6) is 0. The summed E-state index contributed by atoms with van der Waals surface area (Å²) < 4.78 is 21.4. The van der Waals surface area contributed by atoms with Crippen molar-refractivity contribution >= 4 is 100 Å². The molecule has 0 fully saturated rings. The smallest absolute Gasteiger partial charge is 0.0542 e. The summed E-state index contributed by atoms with van der Waals surface area (Å²) in [6, 6.07) is 12.0. The highest BCUT2D eigenvalue weighted by atomic mass is 32.1. The van der Waals surface area contributed by atoms with E-state index in [1.165, 1.54) is 65.8 Å². The Morgan fingerprint density at radius 2 is 1.38 bits per heavy atom. The van der Waals surface area contributed by atoms with Crippen molar-refractivity contribution in [2.24, 2.45) is 0 Å². The lowest BCUT2D eigenvalue weighted by Gasteiger charge is -2.04. The van der Waals surface area contributed by atoms with Crippen molar-refractivity contribution in [1.82, 2.24) is 0 Å². The summed E-state index contributed by atoms with van der Waals surface area (Å²) >= 11 is 7.78. The van der Waals surface area contributed by atoms with Crippen LogP contribution in [-0.2, 0) is 15.9 Å². The molecule has 0 aliphatic rings. The molecule has 0 aliphatic carbocycles. The van der Waals surface area contributed by atoms with Crippen LogP contribution in [0.25, 0.3) is 55.1 Å². The quantitative estimate of drug-likeness (QED) is 0.0828. The first-order valence-electron chi connectivity index (χ1n) is 15.4. The second-order valence-electron chi connectivity index (χ2n) is 10.9. The Labute approximate surface area is 265 Å². The maximum atomic E-state index is 5.70. The van der Waals surface area contributed by atoms with E-state index in [9.17, 15) is 0 Å². The fourth-order valence-electron chi connectivity index (χ4n) is 5.58. The fraction of sp³-hybridized carbons (Fsp3) is 0.389. The zero-order chi connectivity index (χ0) is 28.9. The number of ether oxygens (including phenoxy) is 2. The van der Waals surface area contributed by atoms with Gasteiger partial charge in [0.25, 0.3) is 0 Å². The zero-order valence-electron chi connectivity index (χ0n) is 24.9. The van der Waals surface area contributed by atoms with Crippen molar-refractivity contribution in [3.8, 4) is 0 Å². The van der Waals surface area contributed by atoms with Crippen molar-refractivity contribution in [1.29, 1.82) is 0 Å². The largest absolute Gasteiger partial charge is 0.381 e. The van der Waals surface area contributed by atoms with Gasteiger partial charge in [-0.3, -0.25) is 0 Å². The van der Waals surface area contributed by atoms with E-state index < -0.39 is 0 Å². The van der Waals surface area contributed by atoms with Gasteiger partial charge in [-0.15, -0.1) is 45.3 Å². The van der Waals surface area contributed by atoms with E-state index in [-0.39, 0.29) is 0 Å². The predicted molar refractivity (Wildman–Crippen MR) is 193 cm³/mol. The molecule has 2 nitrogen and oxygen atoms in total. The zero-order valence-corrected chi connectivity index (χ0v) is 28.2. The fourth-order valence-corrected chi connectivity index (χ4v) is 10.8. The minimum absolute atomic E-state index is 0.849. The molecule has 0 spiro atoms. The topological polar surface area (TPSA) is 18.5 Å². The average molecular weight is 633 g/mol. The van der Waals surface area contributed by atoms with Gasteiger partial charge >= 0.3 is 0 Å². The Kier molecular flexibility index (Phi) is 10.1. The van der Waals surface area contributed by atoms with Crippen LogP contribution in [0.15, 0.2) is 53.4 Å². The highest BCUT2D eigenvalue weighted by Gasteiger charge is 2.17. The summed E-state index contributed by atoms with van der Waals surface area (Å²) in [5, 5.41) is 6.58. The molecule has 0 amide bonds. The van der Waals surface area contributed by atoms with Crippen LogP contribution in [0.2, 0.25) is 0 Å². The molecule has 6 rings (SSSR count). The molecule has 4 heterocycles. The summed E-state index contributed by atoms with van der Waals surface area (Å²) in [5.41, 5.74) is 4.19. The molecule has 0 atom stereocenters. The van der Waals surface area contributed by atoms with Gasteiger partial charge in [0.05, 0.1) is 18.8 Å². The standard InChI is InChI=1S/C36H40O2S4/c1-4-9-24(10-7-18-37-16-5-2)12-14-26-23-39-34-28-21-32-29(22-31(28)40-33(26)34)36-35(42-32)27-15-13-25(20-30(27)41-36)11-8-19-38-17-6-3/h9,12-15,20-23H,4-8,10-11,16-19H2,1-3H3/b14-12-,24-9-. The Morgan fingerprint density at radius 3 is 2.12 bits per heavy atom. The SMILES string of the molecule is CC/C=C(\C=C/c1csc2c1sc1cc3c(cc12)sc1c2ccc(CCCOCCC)cc2sc31)CCCOCCC. The third-order valence-electron chi connectivity index (χ3n) is 7.62. The normalized spacial score (nSPS) is 13.0. The molecule has 6 heteroatoms. The first kappa shape index (κ1) is 30.0. The lowest BCUT2D eigenvalue weighted by atomic mass is 10.1. The van der Waals surface area contributed by atoms with E-state index in [1.54, 1.807) is 0 Å². The summed E-state index contributed by atoms with van der Waals surface area (Å²) in [4.78, 5) is 0. The number of benzene rings is 2. The van der Waals surface area contributed by atoms with Gasteiger partial charge in [-0.1, -0.05) is 56.7 Å². The number of aryl methyl sites for hydroxylation is 1. The van der Waals surface area contributed by atoms with Crippen molar-refractivity contribution in [2.75, 3.05) is 26.4 Å². The molecule has 42 heavy (non-hydrogen) atoms. The van der Waals surface area contributed by atoms with Gasteiger partial charge in [-0.2, -0.15) is 0 Å². The Morgan fingerprint density at radius 1 is 0.714 bits per heavy atom. The number of fused-ring (bicyclic) bond motifs is 8. The molecule has 0 aliphatic heterocycles. The molecule has 0 N–H and O–H groups in total. The van der Waals surface area contributed by atoms with Gasteiger partial charge in [0, 0.05) is 67.6 Å². The van der Waals surface area contributed by atoms with Crippen molar-refractivity contribution in [2.45, 2.75) is 65.7 Å². The van der Waals surface area contributed by atoms with Crippen LogP contribution in [0.4, 0.5) is 0 Å². The molecule has 220 valence electrons. The lowest BCUT2D eigenvalue weighted by Crippen LogP contribution is -1.97. The number of thiophene rings is 4. The highest BCUT2D eigenvalue weighted by molar-refractivity contribution is 7.37. The van der Waals surface area contributed by atoms with E-state index in [4.69, 9.17) is 9.47 Å². The van der Waals surface area contributed by atoms with E-state index in [2.05, 4.69) is 74.7 Å². The molecule has 0 radical (unpaired) electrons. The first-order chi connectivity index (χ1) is 20.7. The molecule has 0 bridgehead atoms. The van der Waals surface area contributed by atoms with E-state index >= 15 is 0 Å². The molecular formula is C36H40O2S4. The van der Waals surface area contributed by atoms with Gasteiger partial charge in [0.2, 0.25) is 0 Å². The maximum Gasteiger partial charge on any atom is 0.0542 e. The van der Waals surface area contributed by atoms with Crippen LogP contribution >= 0.6 is 45.3 Å². The predicted octanol–water partition coefficient (Wildman–Crippen LogP) is 12.6. The van der Waals surface area contributed by atoms with Gasteiger partial charge < -0.3 is 9.47 Å². The minimum atomic E-state index is 0.849. The van der Waals surface area contributed by atoms with Crippen LogP contribution in [0.5, 0.6) is 0 Å². The van der Waals surface area contributed by atoms with Crippen LogP contribution in [-0.4, -0.2) is 26.4 Å². The molecular weight excluding hydrogens is 593 g/mol. The second-order valence-corrected chi connectivity index (χ2v) is 15.0. The summed E-state index contributed by atoms with van der Waals surface area (Å²) in [6.45, 7) is 9.99. The Hall–Kier alpha value is -2.06. The molecule has 0 unspecified atom stereocenters. The van der Waals surface area contributed by atoms with Crippen LogP contribution in [0, 0.1) is 0 Å². The number of hydrogen-bond acceptors (Lipinski definition) is 6. The van der Waals surface area contributed by atoms with Crippen molar-refractivity contribution < 1.29 is 9.47 Å². The Bertz CT molecular complexity index is 1860. The summed E-state index contributed by atoms with van der Waals surface area (Å²) in [6.07, 6.45) is 14.6. The average Bonchev–Trinajstić information content (AvgIpc) is 3.74. The maximum absolute atomic E-state index is 5.70. The summed E-state index contributed by atoms with van der Waals surface area (Å²) in [7, 11) is 0. The van der Waals surface area contributed by atoms with Gasteiger partial charge in [0.1, 0.15) is 0 Å². The monoisotopic (exact) mass is 632 g/mol. The van der Waals surface area contributed by atoms with Crippen LogP contribution in [0.3, 0.4) is 0 Å². The van der Waals surface area contributed by atoms with E-state index in [0.29, 0.717) is 0 Å². The number of rotatable bonds is 15. The molecule has 0 saturated carbocycles. The molecule has 0 saturated heterocycles. The first-order valence-corrected chi connectivity index (χ1v) is 18.8. The van der Waals surface area contributed by atoms with Gasteiger partial charge in [0.15, 0.2) is 0 Å².